The maximum Gasteiger partial charge on any atom is 0.417 e. The van der Waals surface area contributed by atoms with Gasteiger partial charge in [-0.1, -0.05) is 84.9 Å². The van der Waals surface area contributed by atoms with E-state index in [1.807, 2.05) is 54.6 Å². The number of carbonyl (C=O) groups excluding carboxylic acids is 2. The van der Waals surface area contributed by atoms with Gasteiger partial charge in [0.05, 0.1) is 23.2 Å². The quantitative estimate of drug-likeness (QED) is 0.116. The number of piperazine rings is 1. The van der Waals surface area contributed by atoms with Gasteiger partial charge in [-0.3, -0.25) is 14.5 Å². The van der Waals surface area contributed by atoms with Gasteiger partial charge in [0.1, 0.15) is 0 Å². The van der Waals surface area contributed by atoms with Crippen LogP contribution in [0.1, 0.15) is 49.4 Å². The van der Waals surface area contributed by atoms with Gasteiger partial charge in [0.25, 0.3) is 0 Å². The average Bonchev–Trinajstić information content (AvgIpc) is 3.50. The van der Waals surface area contributed by atoms with Crippen LogP contribution in [0, 0.1) is 0 Å². The minimum absolute atomic E-state index is 0.0656. The molecule has 254 valence electrons. The number of alkyl halides is 6. The molecule has 4 aromatic carbocycles. The Kier molecular flexibility index (Phi) is 9.76. The van der Waals surface area contributed by atoms with Crippen LogP contribution in [-0.4, -0.2) is 52.7 Å². The molecule has 0 bridgehead atoms. The molecular weight excluding hydrogens is 644 g/mol. The topological polar surface area (TPSA) is 65.2 Å². The molecule has 1 fully saturated rings. The van der Waals surface area contributed by atoms with E-state index < -0.39 is 64.3 Å². The van der Waals surface area contributed by atoms with E-state index in [-0.39, 0.29) is 19.5 Å². The zero-order valence-corrected chi connectivity index (χ0v) is 26.2. The van der Waals surface area contributed by atoms with Crippen LogP contribution in [0.15, 0.2) is 109 Å². The molecular formula is C38H33F6N3O2. The number of aromatic amines is 1. The van der Waals surface area contributed by atoms with Gasteiger partial charge in [0.15, 0.2) is 11.6 Å². The molecule has 5 nitrogen and oxygen atoms in total. The number of nitrogens with zero attached hydrogens (tertiary/aromatic N) is 1. The van der Waals surface area contributed by atoms with Crippen molar-refractivity contribution >= 4 is 22.5 Å². The van der Waals surface area contributed by atoms with E-state index >= 15 is 0 Å². The van der Waals surface area contributed by atoms with Gasteiger partial charge < -0.3 is 10.3 Å². The molecule has 1 aliphatic rings. The Morgan fingerprint density at radius 1 is 0.714 bits per heavy atom. The van der Waals surface area contributed by atoms with E-state index in [9.17, 15) is 35.9 Å². The average molecular weight is 678 g/mol. The number of hydrogen-bond donors (Lipinski definition) is 2. The van der Waals surface area contributed by atoms with Crippen LogP contribution in [0.2, 0.25) is 0 Å². The molecule has 0 aliphatic carbocycles. The summed E-state index contributed by atoms with van der Waals surface area (Å²) in [4.78, 5) is 33.4. The van der Waals surface area contributed by atoms with Crippen molar-refractivity contribution in [2.75, 3.05) is 13.1 Å². The summed E-state index contributed by atoms with van der Waals surface area (Å²) >= 11 is 0. The van der Waals surface area contributed by atoms with Crippen molar-refractivity contribution in [3.05, 3.63) is 143 Å². The minimum atomic E-state index is -4.85. The van der Waals surface area contributed by atoms with Crippen LogP contribution in [0.4, 0.5) is 26.3 Å². The zero-order chi connectivity index (χ0) is 34.8. The number of fused-ring (bicyclic) bond motifs is 1. The summed E-state index contributed by atoms with van der Waals surface area (Å²) in [5.74, 6) is -1.74. The van der Waals surface area contributed by atoms with Crippen molar-refractivity contribution < 1.29 is 35.9 Å². The second kappa shape index (κ2) is 14.0. The molecule has 1 aromatic heterocycles. The molecule has 6 rings (SSSR count). The number of Topliss-reactive ketones (excluding diaryl/α,β-unsaturated/α-hetero) is 2. The van der Waals surface area contributed by atoms with Crippen molar-refractivity contribution in [1.82, 2.24) is 15.2 Å². The molecule has 3 unspecified atom stereocenters. The number of hydrogen-bond acceptors (Lipinski definition) is 4. The Morgan fingerprint density at radius 3 is 1.94 bits per heavy atom. The molecule has 2 heterocycles. The number of halogens is 6. The van der Waals surface area contributed by atoms with E-state index in [1.54, 1.807) is 6.20 Å². The first kappa shape index (κ1) is 34.1. The number of nitrogens with one attached hydrogen (secondary N) is 2. The third kappa shape index (κ3) is 7.33. The fourth-order valence-electron chi connectivity index (χ4n) is 6.85. The zero-order valence-electron chi connectivity index (χ0n) is 26.2. The molecule has 11 heteroatoms. The first-order valence-electron chi connectivity index (χ1n) is 15.9. The second-order valence-corrected chi connectivity index (χ2v) is 12.2. The number of aromatic nitrogens is 1. The summed E-state index contributed by atoms with van der Waals surface area (Å²) < 4.78 is 85.1. The van der Waals surface area contributed by atoms with Crippen LogP contribution in [-0.2, 0) is 25.2 Å². The van der Waals surface area contributed by atoms with Crippen molar-refractivity contribution in [3.8, 4) is 0 Å². The Hall–Kier alpha value is -4.74. The molecule has 0 saturated carbocycles. The molecule has 1 saturated heterocycles. The number of rotatable bonds is 10. The third-order valence-corrected chi connectivity index (χ3v) is 9.12. The number of ketones is 2. The summed E-state index contributed by atoms with van der Waals surface area (Å²) in [6, 6.07) is 22.4. The summed E-state index contributed by atoms with van der Waals surface area (Å²) in [6.45, 7) is -0.0514. The van der Waals surface area contributed by atoms with Gasteiger partial charge in [-0.05, 0) is 48.6 Å². The molecule has 2 N–H and O–H groups in total. The fraction of sp³-hybridized carbons (Fsp3) is 0.263. The lowest BCUT2D eigenvalue weighted by atomic mass is 9.84. The second-order valence-electron chi connectivity index (χ2n) is 12.2. The number of carbonyl (C=O) groups is 2. The van der Waals surface area contributed by atoms with Crippen molar-refractivity contribution in [2.24, 2.45) is 0 Å². The number of benzene rings is 4. The lowest BCUT2D eigenvalue weighted by molar-refractivity contribution is -0.138. The molecule has 1 aliphatic heterocycles. The fourth-order valence-corrected chi connectivity index (χ4v) is 6.85. The normalized spacial score (nSPS) is 18.9. The molecule has 0 spiro atoms. The highest BCUT2D eigenvalue weighted by molar-refractivity contribution is 6.05. The number of H-pyrrole nitrogens is 1. The highest BCUT2D eigenvalue weighted by atomic mass is 19.4. The summed E-state index contributed by atoms with van der Waals surface area (Å²) in [5.41, 5.74) is -0.777. The highest BCUT2D eigenvalue weighted by Crippen LogP contribution is 2.36. The van der Waals surface area contributed by atoms with Crippen LogP contribution in [0.3, 0.4) is 0 Å². The van der Waals surface area contributed by atoms with E-state index in [0.717, 1.165) is 46.3 Å². The Bertz CT molecular complexity index is 1940. The lowest BCUT2D eigenvalue weighted by Crippen LogP contribution is -2.68. The van der Waals surface area contributed by atoms with Crippen LogP contribution in [0.5, 0.6) is 0 Å². The first-order chi connectivity index (χ1) is 23.4. The smallest absolute Gasteiger partial charge is 0.361 e. The number of aryl methyl sites for hydroxylation is 1. The molecule has 3 atom stereocenters. The molecule has 0 amide bonds. The third-order valence-electron chi connectivity index (χ3n) is 9.12. The minimum Gasteiger partial charge on any atom is -0.361 e. The predicted octanol–water partition coefficient (Wildman–Crippen LogP) is 8.16. The monoisotopic (exact) mass is 677 g/mol. The Labute approximate surface area is 278 Å². The van der Waals surface area contributed by atoms with Gasteiger partial charge in [-0.15, -0.1) is 0 Å². The standard InChI is InChI=1S/C38H33F6N3O2/c39-37(40,41)29-17-7-4-15-27(29)35(48)33-23-46-32(21-25-22-45-31-19-9-6-14-26(25)31)34(47(33)20-10-13-24-11-2-1-3-12-24)36(49)28-16-5-8-18-30(28)38(42,43)44/h1-9,11-12,14-19,22,32-34,45-46H,10,13,20-21,23H2. The maximum atomic E-state index is 14.6. The van der Waals surface area contributed by atoms with E-state index in [4.69, 9.17) is 0 Å². The van der Waals surface area contributed by atoms with E-state index in [1.165, 1.54) is 29.2 Å². The largest absolute Gasteiger partial charge is 0.417 e. The van der Waals surface area contributed by atoms with Gasteiger partial charge in [0.2, 0.25) is 0 Å². The summed E-state index contributed by atoms with van der Waals surface area (Å²) in [6.07, 6.45) is -6.81. The van der Waals surface area contributed by atoms with E-state index in [0.29, 0.717) is 12.8 Å². The van der Waals surface area contributed by atoms with E-state index in [2.05, 4.69) is 10.3 Å². The SMILES string of the molecule is O=C(c1ccccc1C(F)(F)F)C1CNC(Cc2c[nH]c3ccccc23)C(C(=O)c2ccccc2C(F)(F)F)N1CCCc1ccccc1. The first-order valence-corrected chi connectivity index (χ1v) is 15.9. The highest BCUT2D eigenvalue weighted by Gasteiger charge is 2.47. The maximum absolute atomic E-state index is 14.6. The number of para-hydroxylation sites is 1. The van der Waals surface area contributed by atoms with Crippen molar-refractivity contribution in [2.45, 2.75) is 49.7 Å². The molecule has 49 heavy (non-hydrogen) atoms. The van der Waals surface area contributed by atoms with Crippen LogP contribution in [0.25, 0.3) is 10.9 Å². The predicted molar refractivity (Wildman–Crippen MR) is 174 cm³/mol. The Morgan fingerprint density at radius 2 is 1.29 bits per heavy atom. The van der Waals surface area contributed by atoms with Crippen LogP contribution >= 0.6 is 0 Å². The Balaban J connectivity index is 1.45. The van der Waals surface area contributed by atoms with Gasteiger partial charge >= 0.3 is 12.4 Å². The van der Waals surface area contributed by atoms with Crippen molar-refractivity contribution in [1.29, 1.82) is 0 Å². The van der Waals surface area contributed by atoms with Crippen molar-refractivity contribution in [3.63, 3.8) is 0 Å². The van der Waals surface area contributed by atoms with Gasteiger partial charge in [-0.25, -0.2) is 0 Å². The van der Waals surface area contributed by atoms with Gasteiger partial charge in [-0.2, -0.15) is 26.3 Å². The van der Waals surface area contributed by atoms with Crippen LogP contribution < -0.4 is 5.32 Å². The summed E-state index contributed by atoms with van der Waals surface area (Å²) in [7, 11) is 0. The molecule has 5 aromatic rings. The lowest BCUT2D eigenvalue weighted by Gasteiger charge is -2.46. The van der Waals surface area contributed by atoms with Gasteiger partial charge in [0, 0.05) is 47.4 Å². The molecule has 0 radical (unpaired) electrons. The summed E-state index contributed by atoms with van der Waals surface area (Å²) in [5, 5.41) is 4.08.